The number of rotatable bonds is 9. The second kappa shape index (κ2) is 10.8. The van der Waals surface area contributed by atoms with Crippen molar-refractivity contribution in [3.05, 3.63) is 90.3 Å². The fraction of sp³-hybridized carbons (Fsp3) is 0.192. The van der Waals surface area contributed by atoms with Crippen LogP contribution in [0.4, 0.5) is 11.4 Å². The van der Waals surface area contributed by atoms with E-state index >= 15 is 0 Å². The average Bonchev–Trinajstić information content (AvgIpc) is 3.25. The second-order valence-corrected chi connectivity index (χ2v) is 8.55. The van der Waals surface area contributed by atoms with Gasteiger partial charge in [-0.25, -0.2) is 0 Å². The Morgan fingerprint density at radius 2 is 1.67 bits per heavy atom. The molecule has 4 aromatic rings. The van der Waals surface area contributed by atoms with Gasteiger partial charge in [-0.3, -0.25) is 4.79 Å². The van der Waals surface area contributed by atoms with Crippen molar-refractivity contribution >= 4 is 29.0 Å². The molecule has 168 valence electrons. The van der Waals surface area contributed by atoms with Crippen LogP contribution < -0.4 is 10.6 Å². The molecule has 1 aromatic heterocycles. The maximum Gasteiger partial charge on any atom is 0.234 e. The van der Waals surface area contributed by atoms with Crippen molar-refractivity contribution in [3.63, 3.8) is 0 Å². The first-order chi connectivity index (χ1) is 16.1. The Morgan fingerprint density at radius 3 is 2.42 bits per heavy atom. The molecule has 0 saturated carbocycles. The molecule has 0 unspecified atom stereocenters. The van der Waals surface area contributed by atoms with E-state index in [-0.39, 0.29) is 11.7 Å². The van der Waals surface area contributed by atoms with Gasteiger partial charge in [-0.1, -0.05) is 78.0 Å². The number of nitrogens with zero attached hydrogens (tertiary/aromatic N) is 3. The van der Waals surface area contributed by atoms with Crippen LogP contribution in [0.2, 0.25) is 0 Å². The second-order valence-electron chi connectivity index (χ2n) is 7.61. The van der Waals surface area contributed by atoms with Gasteiger partial charge in [0.25, 0.3) is 0 Å². The molecule has 0 fully saturated rings. The Bertz CT molecular complexity index is 1210. The number of thioether (sulfide) groups is 1. The molecular weight excluding hydrogens is 430 g/mol. The van der Waals surface area contributed by atoms with E-state index in [9.17, 15) is 4.79 Å². The zero-order valence-corrected chi connectivity index (χ0v) is 19.6. The van der Waals surface area contributed by atoms with Crippen LogP contribution in [0.5, 0.6) is 0 Å². The smallest absolute Gasteiger partial charge is 0.234 e. The number of amides is 1. The summed E-state index contributed by atoms with van der Waals surface area (Å²) >= 11 is 1.39. The van der Waals surface area contributed by atoms with Gasteiger partial charge in [-0.05, 0) is 37.6 Å². The number of para-hydroxylation sites is 1. The van der Waals surface area contributed by atoms with Gasteiger partial charge in [0.2, 0.25) is 5.91 Å². The number of benzene rings is 3. The SMILES string of the molecule is CCn1c(CNc2ccc(C)cc2)nnc1SCC(=O)Nc1ccccc1-c1ccccc1. The van der Waals surface area contributed by atoms with Crippen molar-refractivity contribution < 1.29 is 4.79 Å². The lowest BCUT2D eigenvalue weighted by molar-refractivity contribution is -0.113. The Hall–Kier alpha value is -3.58. The standard InChI is InChI=1S/C26H27N5OS/c1-3-31-24(17-27-21-15-13-19(2)14-16-21)29-30-26(31)33-18-25(32)28-23-12-8-7-11-22(23)20-9-5-4-6-10-20/h4-16,27H,3,17-18H2,1-2H3,(H,28,32). The van der Waals surface area contributed by atoms with Gasteiger partial charge in [0.05, 0.1) is 12.3 Å². The molecule has 0 aliphatic rings. The predicted octanol–water partition coefficient (Wildman–Crippen LogP) is 5.62. The van der Waals surface area contributed by atoms with Crippen LogP contribution >= 0.6 is 11.8 Å². The van der Waals surface area contributed by atoms with Crippen LogP contribution in [-0.4, -0.2) is 26.4 Å². The van der Waals surface area contributed by atoms with Crippen molar-refractivity contribution in [1.29, 1.82) is 0 Å². The van der Waals surface area contributed by atoms with Crippen molar-refractivity contribution in [2.45, 2.75) is 32.1 Å². The lowest BCUT2D eigenvalue weighted by atomic mass is 10.0. The monoisotopic (exact) mass is 457 g/mol. The zero-order chi connectivity index (χ0) is 23.0. The molecule has 0 aliphatic heterocycles. The number of nitrogens with one attached hydrogen (secondary N) is 2. The summed E-state index contributed by atoms with van der Waals surface area (Å²) in [5.74, 6) is 1.02. The van der Waals surface area contributed by atoms with Crippen LogP contribution in [0.15, 0.2) is 84.0 Å². The first-order valence-corrected chi connectivity index (χ1v) is 11.9. The number of carbonyl (C=O) groups excluding carboxylic acids is 1. The molecule has 33 heavy (non-hydrogen) atoms. The van der Waals surface area contributed by atoms with Crippen LogP contribution in [0, 0.1) is 6.92 Å². The summed E-state index contributed by atoms with van der Waals surface area (Å²) in [5.41, 5.74) is 5.13. The van der Waals surface area contributed by atoms with Gasteiger partial charge < -0.3 is 15.2 Å². The number of aromatic nitrogens is 3. The van der Waals surface area contributed by atoms with E-state index in [1.165, 1.54) is 17.3 Å². The van der Waals surface area contributed by atoms with E-state index in [1.54, 1.807) is 0 Å². The topological polar surface area (TPSA) is 71.8 Å². The molecule has 0 radical (unpaired) electrons. The van der Waals surface area contributed by atoms with Crippen LogP contribution in [0.25, 0.3) is 11.1 Å². The average molecular weight is 458 g/mol. The Kier molecular flexibility index (Phi) is 7.42. The number of anilines is 2. The lowest BCUT2D eigenvalue weighted by Gasteiger charge is -2.12. The van der Waals surface area contributed by atoms with E-state index in [1.807, 2.05) is 59.2 Å². The Balaban J connectivity index is 1.38. The minimum Gasteiger partial charge on any atom is -0.378 e. The molecule has 1 amide bonds. The summed E-state index contributed by atoms with van der Waals surface area (Å²) in [6.07, 6.45) is 0. The summed E-state index contributed by atoms with van der Waals surface area (Å²) in [5, 5.41) is 15.8. The quantitative estimate of drug-likeness (QED) is 0.319. The highest BCUT2D eigenvalue weighted by Crippen LogP contribution is 2.28. The Labute approximate surface area is 198 Å². The van der Waals surface area contributed by atoms with Crippen molar-refractivity contribution in [3.8, 4) is 11.1 Å². The summed E-state index contributed by atoms with van der Waals surface area (Å²) < 4.78 is 2.04. The van der Waals surface area contributed by atoms with Gasteiger partial charge in [-0.15, -0.1) is 10.2 Å². The molecule has 4 rings (SSSR count). The third kappa shape index (κ3) is 5.81. The molecule has 6 nitrogen and oxygen atoms in total. The molecule has 1 heterocycles. The van der Waals surface area contributed by atoms with Crippen molar-refractivity contribution in [2.24, 2.45) is 0 Å². The van der Waals surface area contributed by atoms with Crippen molar-refractivity contribution in [2.75, 3.05) is 16.4 Å². The first kappa shape index (κ1) is 22.6. The highest BCUT2D eigenvalue weighted by Gasteiger charge is 2.14. The first-order valence-electron chi connectivity index (χ1n) is 10.9. The van der Waals surface area contributed by atoms with E-state index in [0.717, 1.165) is 40.0 Å². The molecule has 0 aliphatic carbocycles. The third-order valence-corrected chi connectivity index (χ3v) is 6.20. The maximum atomic E-state index is 12.7. The third-order valence-electron chi connectivity index (χ3n) is 5.23. The van der Waals surface area contributed by atoms with Gasteiger partial charge in [0, 0.05) is 23.5 Å². The fourth-order valence-electron chi connectivity index (χ4n) is 3.50. The van der Waals surface area contributed by atoms with Crippen LogP contribution in [-0.2, 0) is 17.9 Å². The van der Waals surface area contributed by atoms with Crippen molar-refractivity contribution in [1.82, 2.24) is 14.8 Å². The largest absolute Gasteiger partial charge is 0.378 e. The highest BCUT2D eigenvalue weighted by atomic mass is 32.2. The minimum absolute atomic E-state index is 0.0756. The van der Waals surface area contributed by atoms with Gasteiger partial charge in [-0.2, -0.15) is 0 Å². The van der Waals surface area contributed by atoms with Gasteiger partial charge in [0.15, 0.2) is 11.0 Å². The van der Waals surface area contributed by atoms with Crippen LogP contribution in [0.1, 0.15) is 18.3 Å². The molecule has 7 heteroatoms. The highest BCUT2D eigenvalue weighted by molar-refractivity contribution is 7.99. The molecule has 0 atom stereocenters. The minimum atomic E-state index is -0.0756. The fourth-order valence-corrected chi connectivity index (χ4v) is 4.33. The molecular formula is C26H27N5OS. The normalized spacial score (nSPS) is 10.7. The summed E-state index contributed by atoms with van der Waals surface area (Å²) in [4.78, 5) is 12.7. The van der Waals surface area contributed by atoms with E-state index in [2.05, 4.69) is 58.9 Å². The van der Waals surface area contributed by atoms with Gasteiger partial charge in [0.1, 0.15) is 0 Å². The summed E-state index contributed by atoms with van der Waals surface area (Å²) in [6.45, 7) is 5.43. The predicted molar refractivity (Wildman–Crippen MR) is 135 cm³/mol. The summed E-state index contributed by atoms with van der Waals surface area (Å²) in [6, 6.07) is 26.1. The molecule has 0 spiro atoms. The maximum absolute atomic E-state index is 12.7. The number of hydrogen-bond donors (Lipinski definition) is 2. The molecule has 3 aromatic carbocycles. The van der Waals surface area contributed by atoms with E-state index in [4.69, 9.17) is 0 Å². The van der Waals surface area contributed by atoms with Gasteiger partial charge >= 0.3 is 0 Å². The van der Waals surface area contributed by atoms with Crippen LogP contribution in [0.3, 0.4) is 0 Å². The van der Waals surface area contributed by atoms with E-state index < -0.39 is 0 Å². The molecule has 0 bridgehead atoms. The zero-order valence-electron chi connectivity index (χ0n) is 18.8. The van der Waals surface area contributed by atoms with E-state index in [0.29, 0.717) is 6.54 Å². The molecule has 0 saturated heterocycles. The molecule has 2 N–H and O–H groups in total. The number of hydrogen-bond acceptors (Lipinski definition) is 5. The number of aryl methyl sites for hydroxylation is 1. The summed E-state index contributed by atoms with van der Waals surface area (Å²) in [7, 11) is 0. The lowest BCUT2D eigenvalue weighted by Crippen LogP contribution is -2.15. The number of carbonyl (C=O) groups is 1. The Morgan fingerprint density at radius 1 is 0.939 bits per heavy atom.